The van der Waals surface area contributed by atoms with Gasteiger partial charge in [0, 0.05) is 25.7 Å². The van der Waals surface area contributed by atoms with E-state index < -0.39 is 6.10 Å². The molecule has 0 amide bonds. The van der Waals surface area contributed by atoms with Crippen molar-refractivity contribution in [1.29, 1.82) is 0 Å². The lowest BCUT2D eigenvalue weighted by Crippen LogP contribution is -2.55. The molecule has 1 saturated heterocycles. The maximum atomic E-state index is 13.5. The molecule has 3 nitrogen and oxygen atoms in total. The molecular weight excluding hydrogens is 418 g/mol. The van der Waals surface area contributed by atoms with Gasteiger partial charge in [0.05, 0.1) is 6.10 Å². The van der Waals surface area contributed by atoms with E-state index in [2.05, 4.69) is 47.5 Å². The van der Waals surface area contributed by atoms with Crippen molar-refractivity contribution in [3.8, 4) is 0 Å². The summed E-state index contributed by atoms with van der Waals surface area (Å²) in [5.41, 5.74) is 3.08. The van der Waals surface area contributed by atoms with Crippen LogP contribution < -0.4 is 5.32 Å². The lowest BCUT2D eigenvalue weighted by molar-refractivity contribution is -0.0170. The highest BCUT2D eigenvalue weighted by Crippen LogP contribution is 2.29. The normalized spacial score (nSPS) is 17.9. The minimum Gasteiger partial charge on any atom is -0.364 e. The van der Waals surface area contributed by atoms with Crippen LogP contribution in [0.25, 0.3) is 0 Å². The van der Waals surface area contributed by atoms with Crippen LogP contribution in [-0.2, 0) is 11.2 Å². The quantitative estimate of drug-likeness (QED) is 0.475. The summed E-state index contributed by atoms with van der Waals surface area (Å²) in [5, 5.41) is 3.60. The number of hydrogen-bond donors (Lipinski definition) is 1. The third-order valence-corrected chi connectivity index (χ3v) is 6.33. The Bertz CT molecular complexity index is 934. The largest absolute Gasteiger partial charge is 0.364 e. The van der Waals surface area contributed by atoms with Gasteiger partial charge in [-0.05, 0) is 67.3 Å². The molecule has 3 aromatic rings. The monoisotopic (exact) mass is 450 g/mol. The van der Waals surface area contributed by atoms with Gasteiger partial charge in [0.2, 0.25) is 0 Å². The molecular formula is C28H32F2N2O. The van der Waals surface area contributed by atoms with Crippen LogP contribution >= 0.6 is 0 Å². The second kappa shape index (κ2) is 11.5. The minimum absolute atomic E-state index is 0.0815. The van der Waals surface area contributed by atoms with Gasteiger partial charge in [0.25, 0.3) is 0 Å². The lowest BCUT2D eigenvalue weighted by Gasteiger charge is -2.38. The fourth-order valence-corrected chi connectivity index (χ4v) is 4.45. The minimum atomic E-state index is -0.392. The number of rotatable bonds is 9. The van der Waals surface area contributed by atoms with Crippen molar-refractivity contribution >= 4 is 0 Å². The number of nitrogens with zero attached hydrogens (tertiary/aromatic N) is 1. The standard InChI is InChI=1S/C28H32F2N2O/c1-21(27-20-32(19-17-31-27)18-5-8-22-6-3-2-4-7-22)33-28(23-9-13-25(29)14-10-23)24-11-15-26(30)16-12-24/h2-4,6-7,9-16,21,27-28,31H,5,8,17-20H2,1H3. The molecule has 2 unspecified atom stereocenters. The zero-order valence-electron chi connectivity index (χ0n) is 19.1. The molecule has 3 aromatic carbocycles. The third kappa shape index (κ3) is 6.70. The van der Waals surface area contributed by atoms with Crippen molar-refractivity contribution in [2.45, 2.75) is 38.0 Å². The first-order chi connectivity index (χ1) is 16.1. The van der Waals surface area contributed by atoms with E-state index in [9.17, 15) is 8.78 Å². The van der Waals surface area contributed by atoms with Crippen molar-refractivity contribution in [2.24, 2.45) is 0 Å². The number of nitrogens with one attached hydrogen (secondary N) is 1. The molecule has 0 aliphatic carbocycles. The fourth-order valence-electron chi connectivity index (χ4n) is 4.45. The Kier molecular flexibility index (Phi) is 8.21. The number of ether oxygens (including phenoxy) is 1. The van der Waals surface area contributed by atoms with E-state index in [1.165, 1.54) is 29.8 Å². The molecule has 0 spiro atoms. The van der Waals surface area contributed by atoms with E-state index in [1.807, 2.05) is 0 Å². The van der Waals surface area contributed by atoms with Crippen LogP contribution in [0.3, 0.4) is 0 Å². The van der Waals surface area contributed by atoms with Crippen molar-refractivity contribution in [1.82, 2.24) is 10.2 Å². The van der Waals surface area contributed by atoms with Crippen LogP contribution in [0.5, 0.6) is 0 Å². The van der Waals surface area contributed by atoms with Crippen molar-refractivity contribution in [3.63, 3.8) is 0 Å². The molecule has 4 rings (SSSR count). The van der Waals surface area contributed by atoms with Gasteiger partial charge in [0.15, 0.2) is 0 Å². The maximum Gasteiger partial charge on any atom is 0.123 e. The van der Waals surface area contributed by atoms with E-state index in [4.69, 9.17) is 4.74 Å². The lowest BCUT2D eigenvalue weighted by atomic mass is 10.00. The molecule has 1 aliphatic rings. The second-order valence-corrected chi connectivity index (χ2v) is 8.77. The summed E-state index contributed by atoms with van der Waals surface area (Å²) >= 11 is 0. The zero-order valence-corrected chi connectivity index (χ0v) is 19.1. The molecule has 2 atom stereocenters. The SMILES string of the molecule is CC(OC(c1ccc(F)cc1)c1ccc(F)cc1)C1CN(CCCc2ccccc2)CCN1. The summed E-state index contributed by atoms with van der Waals surface area (Å²) in [4.78, 5) is 2.49. The highest BCUT2D eigenvalue weighted by Gasteiger charge is 2.28. The molecule has 1 heterocycles. The van der Waals surface area contributed by atoms with E-state index in [1.54, 1.807) is 24.3 Å². The average Bonchev–Trinajstić information content (AvgIpc) is 2.85. The molecule has 5 heteroatoms. The molecule has 1 fully saturated rings. The van der Waals surface area contributed by atoms with Crippen LogP contribution in [0.15, 0.2) is 78.9 Å². The van der Waals surface area contributed by atoms with Gasteiger partial charge in [-0.2, -0.15) is 0 Å². The van der Waals surface area contributed by atoms with Gasteiger partial charge in [-0.1, -0.05) is 54.6 Å². The molecule has 1 N–H and O–H groups in total. The number of aryl methyl sites for hydroxylation is 1. The van der Waals surface area contributed by atoms with Gasteiger partial charge < -0.3 is 15.0 Å². The summed E-state index contributed by atoms with van der Waals surface area (Å²) in [6.07, 6.45) is 1.73. The highest BCUT2D eigenvalue weighted by atomic mass is 19.1. The van der Waals surface area contributed by atoms with Crippen LogP contribution in [0.4, 0.5) is 8.78 Å². The Labute approximate surface area is 195 Å². The van der Waals surface area contributed by atoms with Crippen LogP contribution in [0.2, 0.25) is 0 Å². The van der Waals surface area contributed by atoms with E-state index in [0.717, 1.165) is 50.1 Å². The summed E-state index contributed by atoms with van der Waals surface area (Å²) < 4.78 is 33.5. The zero-order chi connectivity index (χ0) is 23.0. The average molecular weight is 451 g/mol. The Morgan fingerprint density at radius 2 is 1.52 bits per heavy atom. The third-order valence-electron chi connectivity index (χ3n) is 6.33. The topological polar surface area (TPSA) is 24.5 Å². The van der Waals surface area contributed by atoms with E-state index in [-0.39, 0.29) is 23.8 Å². The summed E-state index contributed by atoms with van der Waals surface area (Å²) in [6.45, 7) is 5.98. The molecule has 0 saturated carbocycles. The maximum absolute atomic E-state index is 13.5. The van der Waals surface area contributed by atoms with Crippen LogP contribution in [-0.4, -0.2) is 43.2 Å². The van der Waals surface area contributed by atoms with Gasteiger partial charge in [-0.3, -0.25) is 0 Å². The summed E-state index contributed by atoms with van der Waals surface area (Å²) in [6, 6.07) is 23.5. The Balaban J connectivity index is 1.38. The Morgan fingerprint density at radius 3 is 2.12 bits per heavy atom. The molecule has 0 aromatic heterocycles. The number of piperazine rings is 1. The first kappa shape index (κ1) is 23.6. The summed E-state index contributed by atoms with van der Waals surface area (Å²) in [5.74, 6) is -0.575. The van der Waals surface area contributed by atoms with Gasteiger partial charge in [-0.25, -0.2) is 8.78 Å². The van der Waals surface area contributed by atoms with Crippen LogP contribution in [0.1, 0.15) is 36.1 Å². The molecule has 0 bridgehead atoms. The molecule has 174 valence electrons. The fraction of sp³-hybridized carbons (Fsp3) is 0.357. The van der Waals surface area contributed by atoms with Gasteiger partial charge in [-0.15, -0.1) is 0 Å². The van der Waals surface area contributed by atoms with E-state index >= 15 is 0 Å². The van der Waals surface area contributed by atoms with Crippen LogP contribution in [0, 0.1) is 11.6 Å². The van der Waals surface area contributed by atoms with Crippen molar-refractivity contribution in [3.05, 3.63) is 107 Å². The number of halogens is 2. The first-order valence-electron chi connectivity index (χ1n) is 11.7. The predicted octanol–water partition coefficient (Wildman–Crippen LogP) is 5.37. The molecule has 0 radical (unpaired) electrons. The smallest absolute Gasteiger partial charge is 0.123 e. The summed E-state index contributed by atoms with van der Waals surface area (Å²) in [7, 11) is 0. The molecule has 33 heavy (non-hydrogen) atoms. The van der Waals surface area contributed by atoms with Gasteiger partial charge in [0.1, 0.15) is 17.7 Å². The molecule has 1 aliphatic heterocycles. The number of hydrogen-bond acceptors (Lipinski definition) is 3. The second-order valence-electron chi connectivity index (χ2n) is 8.77. The van der Waals surface area contributed by atoms with Crippen molar-refractivity contribution in [2.75, 3.05) is 26.2 Å². The Hall–Kier alpha value is -2.60. The van der Waals surface area contributed by atoms with Gasteiger partial charge >= 0.3 is 0 Å². The predicted molar refractivity (Wildman–Crippen MR) is 128 cm³/mol. The van der Waals surface area contributed by atoms with E-state index in [0.29, 0.717) is 0 Å². The van der Waals surface area contributed by atoms with Crippen molar-refractivity contribution < 1.29 is 13.5 Å². The first-order valence-corrected chi connectivity index (χ1v) is 11.7. The highest BCUT2D eigenvalue weighted by molar-refractivity contribution is 5.30. The number of benzene rings is 3. The Morgan fingerprint density at radius 1 is 0.909 bits per heavy atom.